The topological polar surface area (TPSA) is 42.4 Å². The van der Waals surface area contributed by atoms with E-state index in [1.54, 1.807) is 12.1 Å². The number of nitrogens with zero attached hydrogens (tertiary/aromatic N) is 2. The second-order valence-corrected chi connectivity index (χ2v) is 8.71. The third-order valence-electron chi connectivity index (χ3n) is 3.98. The Morgan fingerprint density at radius 3 is 2.60 bits per heavy atom. The molecule has 0 aliphatic carbocycles. The van der Waals surface area contributed by atoms with Gasteiger partial charge in [0.15, 0.2) is 4.34 Å². The van der Waals surface area contributed by atoms with Crippen LogP contribution in [0.1, 0.15) is 20.8 Å². The van der Waals surface area contributed by atoms with Crippen LogP contribution < -0.4 is 0 Å². The number of amides is 1. The van der Waals surface area contributed by atoms with Gasteiger partial charge in [0.25, 0.3) is 0 Å². The number of morpholine rings is 1. The predicted molar refractivity (Wildman–Crippen MR) is 99.4 cm³/mol. The molecule has 2 heterocycles. The quantitative estimate of drug-likeness (QED) is 0.750. The van der Waals surface area contributed by atoms with Crippen LogP contribution in [-0.2, 0) is 9.53 Å². The van der Waals surface area contributed by atoms with Crippen molar-refractivity contribution in [1.29, 1.82) is 0 Å². The van der Waals surface area contributed by atoms with Crippen molar-refractivity contribution in [1.82, 2.24) is 9.88 Å². The van der Waals surface area contributed by atoms with E-state index in [1.807, 2.05) is 31.1 Å². The van der Waals surface area contributed by atoms with Crippen LogP contribution in [0.3, 0.4) is 0 Å². The van der Waals surface area contributed by atoms with Gasteiger partial charge in [0.1, 0.15) is 5.82 Å². The molecule has 7 heteroatoms. The van der Waals surface area contributed by atoms with Gasteiger partial charge in [0, 0.05) is 24.0 Å². The fourth-order valence-corrected chi connectivity index (χ4v) is 4.94. The zero-order valence-electron chi connectivity index (χ0n) is 14.4. The van der Waals surface area contributed by atoms with E-state index >= 15 is 0 Å². The second kappa shape index (κ2) is 7.85. The van der Waals surface area contributed by atoms with Crippen LogP contribution in [0.5, 0.6) is 0 Å². The van der Waals surface area contributed by atoms with E-state index in [4.69, 9.17) is 4.74 Å². The van der Waals surface area contributed by atoms with Gasteiger partial charge >= 0.3 is 0 Å². The Morgan fingerprint density at radius 2 is 1.96 bits per heavy atom. The van der Waals surface area contributed by atoms with E-state index in [0.29, 0.717) is 13.1 Å². The van der Waals surface area contributed by atoms with E-state index in [-0.39, 0.29) is 29.2 Å². The lowest BCUT2D eigenvalue weighted by Gasteiger charge is -2.36. The van der Waals surface area contributed by atoms with Gasteiger partial charge in [-0.15, -0.1) is 11.3 Å². The normalized spacial score (nSPS) is 22.0. The molecule has 0 N–H and O–H groups in total. The molecular weight excluding hydrogens is 359 g/mol. The van der Waals surface area contributed by atoms with Crippen molar-refractivity contribution < 1.29 is 13.9 Å². The number of carbonyl (C=O) groups excluding carboxylic acids is 1. The largest absolute Gasteiger partial charge is 0.372 e. The van der Waals surface area contributed by atoms with Crippen molar-refractivity contribution in [3.05, 3.63) is 35.5 Å². The van der Waals surface area contributed by atoms with Crippen molar-refractivity contribution in [2.24, 2.45) is 0 Å². The minimum Gasteiger partial charge on any atom is -0.372 e. The lowest BCUT2D eigenvalue weighted by Crippen LogP contribution is -2.50. The molecule has 1 aliphatic rings. The maximum absolute atomic E-state index is 13.0. The molecule has 1 amide bonds. The standard InChI is InChI=1S/C18H21FN2O2S2/c1-11-8-21(9-12(2)23-11)17(22)13(3)25-18-20-16(10-24-18)14-4-6-15(19)7-5-14/h4-7,10-13H,8-9H2,1-3H3/t11-,12-,13-/m1/s1. The van der Waals surface area contributed by atoms with Gasteiger partial charge < -0.3 is 9.64 Å². The number of thiazole rings is 1. The number of benzene rings is 1. The molecule has 25 heavy (non-hydrogen) atoms. The number of thioether (sulfide) groups is 1. The smallest absolute Gasteiger partial charge is 0.236 e. The Labute approximate surface area is 155 Å². The molecule has 3 atom stereocenters. The van der Waals surface area contributed by atoms with Crippen LogP contribution in [0.15, 0.2) is 34.0 Å². The first-order chi connectivity index (χ1) is 11.9. The summed E-state index contributed by atoms with van der Waals surface area (Å²) in [5.41, 5.74) is 1.68. The van der Waals surface area contributed by atoms with Gasteiger partial charge in [-0.1, -0.05) is 11.8 Å². The summed E-state index contributed by atoms with van der Waals surface area (Å²) in [6, 6.07) is 6.27. The molecule has 1 saturated heterocycles. The molecule has 1 aromatic heterocycles. The molecule has 1 aromatic carbocycles. The molecule has 1 aliphatic heterocycles. The van der Waals surface area contributed by atoms with E-state index in [2.05, 4.69) is 4.98 Å². The van der Waals surface area contributed by atoms with Gasteiger partial charge in [-0.05, 0) is 45.0 Å². The van der Waals surface area contributed by atoms with Crippen LogP contribution in [0.25, 0.3) is 11.3 Å². The number of hydrogen-bond donors (Lipinski definition) is 0. The van der Waals surface area contributed by atoms with Crippen molar-refractivity contribution in [2.75, 3.05) is 13.1 Å². The number of rotatable bonds is 4. The first-order valence-corrected chi connectivity index (χ1v) is 10.0. The van der Waals surface area contributed by atoms with Crippen LogP contribution >= 0.6 is 23.1 Å². The summed E-state index contributed by atoms with van der Waals surface area (Å²) >= 11 is 2.97. The van der Waals surface area contributed by atoms with Crippen molar-refractivity contribution in [3.8, 4) is 11.3 Å². The highest BCUT2D eigenvalue weighted by Gasteiger charge is 2.29. The highest BCUT2D eigenvalue weighted by molar-refractivity contribution is 8.02. The summed E-state index contributed by atoms with van der Waals surface area (Å²) in [5.74, 6) is -0.146. The van der Waals surface area contributed by atoms with Crippen LogP contribution in [-0.4, -0.2) is 46.3 Å². The van der Waals surface area contributed by atoms with Crippen molar-refractivity contribution in [2.45, 2.75) is 42.6 Å². The maximum Gasteiger partial charge on any atom is 0.236 e. The van der Waals surface area contributed by atoms with Gasteiger partial charge in [-0.25, -0.2) is 9.37 Å². The van der Waals surface area contributed by atoms with Crippen LogP contribution in [0.4, 0.5) is 4.39 Å². The van der Waals surface area contributed by atoms with E-state index in [1.165, 1.54) is 35.2 Å². The third-order valence-corrected chi connectivity index (χ3v) is 6.04. The molecule has 134 valence electrons. The zero-order chi connectivity index (χ0) is 18.0. The minimum absolute atomic E-state index is 0.0647. The van der Waals surface area contributed by atoms with Gasteiger partial charge in [0.2, 0.25) is 5.91 Å². The molecule has 0 saturated carbocycles. The Kier molecular flexibility index (Phi) is 5.76. The summed E-state index contributed by atoms with van der Waals surface area (Å²) in [4.78, 5) is 19.1. The summed E-state index contributed by atoms with van der Waals surface area (Å²) in [6.07, 6.45) is 0.129. The predicted octanol–water partition coefficient (Wildman–Crippen LogP) is 4.07. The van der Waals surface area contributed by atoms with Crippen LogP contribution in [0.2, 0.25) is 0 Å². The number of halogens is 1. The maximum atomic E-state index is 13.0. The Hall–Kier alpha value is -1.44. The molecule has 4 nitrogen and oxygen atoms in total. The van der Waals surface area contributed by atoms with E-state index < -0.39 is 0 Å². The number of hydrogen-bond acceptors (Lipinski definition) is 5. The molecule has 3 rings (SSSR count). The average molecular weight is 381 g/mol. The highest BCUT2D eigenvalue weighted by atomic mass is 32.2. The number of ether oxygens (including phenoxy) is 1. The monoisotopic (exact) mass is 380 g/mol. The van der Waals surface area contributed by atoms with Gasteiger partial charge in [-0.2, -0.15) is 0 Å². The Balaban J connectivity index is 1.64. The minimum atomic E-state index is -0.262. The molecular formula is C18H21FN2O2S2. The number of aromatic nitrogens is 1. The third kappa shape index (κ3) is 4.59. The first-order valence-electron chi connectivity index (χ1n) is 8.24. The first kappa shape index (κ1) is 18.4. The lowest BCUT2D eigenvalue weighted by molar-refractivity contribution is -0.142. The molecule has 0 spiro atoms. The summed E-state index contributed by atoms with van der Waals surface area (Å²) in [5, 5.41) is 1.73. The fraction of sp³-hybridized carbons (Fsp3) is 0.444. The van der Waals surface area contributed by atoms with Crippen molar-refractivity contribution in [3.63, 3.8) is 0 Å². The molecule has 0 unspecified atom stereocenters. The summed E-state index contributed by atoms with van der Waals surface area (Å²) in [7, 11) is 0. The van der Waals surface area contributed by atoms with Crippen LogP contribution in [0, 0.1) is 5.82 Å². The molecule has 2 aromatic rings. The number of carbonyl (C=O) groups is 1. The van der Waals surface area contributed by atoms with E-state index in [0.717, 1.165) is 15.6 Å². The molecule has 1 fully saturated rings. The highest BCUT2D eigenvalue weighted by Crippen LogP contribution is 2.31. The van der Waals surface area contributed by atoms with Crippen molar-refractivity contribution >= 4 is 29.0 Å². The van der Waals surface area contributed by atoms with E-state index in [9.17, 15) is 9.18 Å². The molecule has 0 radical (unpaired) electrons. The Morgan fingerprint density at radius 1 is 1.32 bits per heavy atom. The second-order valence-electron chi connectivity index (χ2n) is 6.27. The van der Waals surface area contributed by atoms with Gasteiger partial charge in [0.05, 0.1) is 23.2 Å². The Bertz CT molecular complexity index is 725. The average Bonchev–Trinajstić information content (AvgIpc) is 3.02. The fourth-order valence-electron chi connectivity index (χ4n) is 2.88. The lowest BCUT2D eigenvalue weighted by atomic mass is 10.2. The summed E-state index contributed by atoms with van der Waals surface area (Å²) in [6.45, 7) is 7.16. The molecule has 0 bridgehead atoms. The zero-order valence-corrected chi connectivity index (χ0v) is 16.1. The van der Waals surface area contributed by atoms with Gasteiger partial charge in [-0.3, -0.25) is 4.79 Å². The summed E-state index contributed by atoms with van der Waals surface area (Å²) < 4.78 is 19.6. The SMILES string of the molecule is C[C@@H]1CN(C(=O)[C@@H](C)Sc2nc(-c3ccc(F)cc3)cs2)C[C@@H](C)O1.